The van der Waals surface area contributed by atoms with E-state index in [0.717, 1.165) is 33.4 Å². The van der Waals surface area contributed by atoms with Crippen LogP contribution in [0.5, 0.6) is 0 Å². The van der Waals surface area contributed by atoms with Crippen molar-refractivity contribution in [2.75, 3.05) is 19.8 Å². The van der Waals surface area contributed by atoms with Crippen LogP contribution in [0.4, 0.5) is 0 Å². The van der Waals surface area contributed by atoms with Crippen molar-refractivity contribution in [3.8, 4) is 0 Å². The summed E-state index contributed by atoms with van der Waals surface area (Å²) in [5.74, 6) is 0. The number of hydrogen-bond donors (Lipinski definition) is 10. The van der Waals surface area contributed by atoms with Gasteiger partial charge < -0.3 is 49.8 Å². The van der Waals surface area contributed by atoms with Crippen molar-refractivity contribution in [2.24, 2.45) is 5.41 Å². The smallest absolute Gasteiger partial charge is 0.324 e. The summed E-state index contributed by atoms with van der Waals surface area (Å²) in [7, 11) is -5.24. The third-order valence-corrected chi connectivity index (χ3v) is 8.28. The quantitative estimate of drug-likeness (QED) is 0.181. The van der Waals surface area contributed by atoms with Crippen LogP contribution in [0.15, 0.2) is 24.3 Å². The van der Waals surface area contributed by atoms with Crippen LogP contribution in [-0.4, -0.2) is 69.6 Å². The van der Waals surface area contributed by atoms with Gasteiger partial charge in [-0.05, 0) is 80.0 Å². The summed E-state index contributed by atoms with van der Waals surface area (Å²) >= 11 is 0. The first kappa shape index (κ1) is 45.9. The predicted octanol–water partition coefficient (Wildman–Crippen LogP) is 5.07. The Hall–Kier alpha value is -1.10. The van der Waals surface area contributed by atoms with E-state index in [4.69, 9.17) is 29.4 Å². The second-order valence-corrected chi connectivity index (χ2v) is 17.4. The minimum absolute atomic E-state index is 0.235. The molecule has 0 amide bonds. The van der Waals surface area contributed by atoms with Gasteiger partial charge in [-0.1, -0.05) is 107 Å². The van der Waals surface area contributed by atoms with Crippen molar-refractivity contribution in [3.05, 3.63) is 68.8 Å². The fourth-order valence-corrected chi connectivity index (χ4v) is 6.72. The van der Waals surface area contributed by atoms with E-state index in [1.807, 2.05) is 24.3 Å². The lowest BCUT2D eigenvalue weighted by Crippen LogP contribution is -2.56. The summed E-state index contributed by atoms with van der Waals surface area (Å²) in [6, 6.07) is 7.96. The molecule has 0 aliphatic carbocycles. The molecule has 0 fully saturated rings. The summed E-state index contributed by atoms with van der Waals surface area (Å²) in [4.78, 5) is 43.4. The zero-order valence-electron chi connectivity index (χ0n) is 30.8. The molecular formula is C35H62O10P2. The standard InChI is InChI=1S/C35H56O4.2H3O3P/c1-22-15-17-24(28(32(9,10)11)26(22)30(3,4)5)35(39,34(19-36,20-37)21-38)25-18-16-23(2)27(31(6,7)8)29(25)33(12,13)14;2*1-4(2)3/h15-18,36-39H,19-21H2,1-14H3;2*1-3H. The monoisotopic (exact) mass is 704 g/mol. The molecule has 10 nitrogen and oxygen atoms in total. The minimum Gasteiger partial charge on any atom is -0.395 e. The molecule has 0 aliphatic rings. The van der Waals surface area contributed by atoms with E-state index in [0.29, 0.717) is 11.1 Å². The number of aliphatic hydroxyl groups is 4. The number of aliphatic hydroxyl groups excluding tert-OH is 3. The molecule has 2 aromatic carbocycles. The van der Waals surface area contributed by atoms with Gasteiger partial charge in [0.15, 0.2) is 0 Å². The van der Waals surface area contributed by atoms with Crippen LogP contribution >= 0.6 is 17.2 Å². The van der Waals surface area contributed by atoms with Gasteiger partial charge in [0.2, 0.25) is 0 Å². The van der Waals surface area contributed by atoms with E-state index in [1.54, 1.807) is 0 Å². The molecule has 0 aromatic heterocycles. The van der Waals surface area contributed by atoms with Crippen molar-refractivity contribution < 1.29 is 49.8 Å². The summed E-state index contributed by atoms with van der Waals surface area (Å²) in [5.41, 5.74) is 2.92. The summed E-state index contributed by atoms with van der Waals surface area (Å²) in [6.07, 6.45) is 0. The topological polar surface area (TPSA) is 202 Å². The molecule has 0 atom stereocenters. The Balaban J connectivity index is 0.00000236. The highest BCUT2D eigenvalue weighted by molar-refractivity contribution is 7.38. The fraction of sp³-hybridized carbons (Fsp3) is 0.657. The van der Waals surface area contributed by atoms with Crippen LogP contribution < -0.4 is 0 Å². The number of hydrogen-bond acceptors (Lipinski definition) is 10. The van der Waals surface area contributed by atoms with E-state index in [1.165, 1.54) is 0 Å². The predicted molar refractivity (Wildman–Crippen MR) is 191 cm³/mol. The molecule has 0 unspecified atom stereocenters. The first-order valence-electron chi connectivity index (χ1n) is 15.5. The van der Waals surface area contributed by atoms with Crippen LogP contribution in [0, 0.1) is 19.3 Å². The Bertz CT molecular complexity index is 1190. The lowest BCUT2D eigenvalue weighted by atomic mass is 9.58. The summed E-state index contributed by atoms with van der Waals surface area (Å²) in [6.45, 7) is 28.3. The van der Waals surface area contributed by atoms with Crippen LogP contribution in [-0.2, 0) is 27.3 Å². The van der Waals surface area contributed by atoms with Crippen molar-refractivity contribution in [1.82, 2.24) is 0 Å². The van der Waals surface area contributed by atoms with Crippen LogP contribution in [0.25, 0.3) is 0 Å². The number of benzene rings is 2. The minimum atomic E-state index is -2.62. The molecule has 0 saturated heterocycles. The Kier molecular flexibility index (Phi) is 16.3. The molecule has 10 N–H and O–H groups in total. The third-order valence-electron chi connectivity index (χ3n) is 8.28. The Morgan fingerprint density at radius 2 is 0.660 bits per heavy atom. The van der Waals surface area contributed by atoms with Gasteiger partial charge in [0, 0.05) is 0 Å². The molecule has 0 aliphatic heterocycles. The first-order valence-corrected chi connectivity index (χ1v) is 17.9. The average Bonchev–Trinajstić information content (AvgIpc) is 2.86. The number of aryl methyl sites for hydroxylation is 2. The molecular weight excluding hydrogens is 642 g/mol. The second kappa shape index (κ2) is 16.7. The molecule has 47 heavy (non-hydrogen) atoms. The Labute approximate surface area is 284 Å². The summed E-state index contributed by atoms with van der Waals surface area (Å²) in [5, 5.41) is 46.2. The highest BCUT2D eigenvalue weighted by Gasteiger charge is 2.56. The van der Waals surface area contributed by atoms with Crippen LogP contribution in [0.2, 0.25) is 0 Å². The summed E-state index contributed by atoms with van der Waals surface area (Å²) < 4.78 is 0. The van der Waals surface area contributed by atoms with E-state index < -0.39 is 48.0 Å². The maximum atomic E-state index is 13.4. The Morgan fingerprint density at radius 1 is 0.447 bits per heavy atom. The molecule has 272 valence electrons. The van der Waals surface area contributed by atoms with Crippen molar-refractivity contribution in [3.63, 3.8) is 0 Å². The second-order valence-electron chi connectivity index (χ2n) is 16.4. The molecule has 0 bridgehead atoms. The van der Waals surface area contributed by atoms with Gasteiger partial charge in [0.05, 0.1) is 25.2 Å². The zero-order valence-corrected chi connectivity index (χ0v) is 32.6. The van der Waals surface area contributed by atoms with Gasteiger partial charge in [-0.15, -0.1) is 0 Å². The van der Waals surface area contributed by atoms with Gasteiger partial charge in [-0.3, -0.25) is 0 Å². The van der Waals surface area contributed by atoms with Gasteiger partial charge in [-0.25, -0.2) is 0 Å². The first-order chi connectivity index (χ1) is 20.9. The fourth-order valence-electron chi connectivity index (χ4n) is 6.72. The molecule has 0 spiro atoms. The van der Waals surface area contributed by atoms with Gasteiger partial charge in [0.25, 0.3) is 0 Å². The maximum absolute atomic E-state index is 13.4. The van der Waals surface area contributed by atoms with Crippen molar-refractivity contribution >= 4 is 17.2 Å². The normalized spacial score (nSPS) is 13.3. The van der Waals surface area contributed by atoms with E-state index in [-0.39, 0.29) is 21.7 Å². The molecule has 0 heterocycles. The largest absolute Gasteiger partial charge is 0.395 e. The highest BCUT2D eigenvalue weighted by Crippen LogP contribution is 2.54. The lowest BCUT2D eigenvalue weighted by Gasteiger charge is -2.50. The Morgan fingerprint density at radius 3 is 0.830 bits per heavy atom. The average molecular weight is 705 g/mol. The van der Waals surface area contributed by atoms with Gasteiger partial charge in [-0.2, -0.15) is 0 Å². The van der Waals surface area contributed by atoms with Gasteiger partial charge in [0.1, 0.15) is 5.60 Å². The van der Waals surface area contributed by atoms with E-state index in [9.17, 15) is 20.4 Å². The third kappa shape index (κ3) is 10.9. The van der Waals surface area contributed by atoms with E-state index in [2.05, 4.69) is 96.9 Å². The molecule has 2 rings (SSSR count). The SMILES string of the molecule is Cc1ccc(C(O)(c2ccc(C)c(C(C)(C)C)c2C(C)(C)C)C(CO)(CO)CO)c(C(C)(C)C)c1C(C)(C)C.OP(O)O.OP(O)O. The van der Waals surface area contributed by atoms with Gasteiger partial charge >= 0.3 is 17.2 Å². The van der Waals surface area contributed by atoms with Crippen LogP contribution in [0.1, 0.15) is 128 Å². The van der Waals surface area contributed by atoms with Crippen LogP contribution in [0.3, 0.4) is 0 Å². The molecule has 0 saturated carbocycles. The lowest BCUT2D eigenvalue weighted by molar-refractivity contribution is -0.137. The maximum Gasteiger partial charge on any atom is 0.324 e. The van der Waals surface area contributed by atoms with E-state index >= 15 is 0 Å². The van der Waals surface area contributed by atoms with Crippen molar-refractivity contribution in [2.45, 2.75) is 124 Å². The highest BCUT2D eigenvalue weighted by atomic mass is 31.2. The molecule has 12 heteroatoms. The zero-order chi connectivity index (χ0) is 37.7. The van der Waals surface area contributed by atoms with Crippen molar-refractivity contribution in [1.29, 1.82) is 0 Å². The number of rotatable bonds is 6. The molecule has 2 aromatic rings. The molecule has 0 radical (unpaired) electrons.